The fourth-order valence-corrected chi connectivity index (χ4v) is 3.87. The number of aromatic hydroxyl groups is 1. The molecule has 0 fully saturated rings. The summed E-state index contributed by atoms with van der Waals surface area (Å²) in [7, 11) is 0. The Kier molecular flexibility index (Phi) is 5.98. The van der Waals surface area contributed by atoms with E-state index in [4.69, 9.17) is 11.6 Å². The molecule has 0 saturated carbocycles. The van der Waals surface area contributed by atoms with Crippen molar-refractivity contribution >= 4 is 40.2 Å². The van der Waals surface area contributed by atoms with Gasteiger partial charge in [-0.1, -0.05) is 48.0 Å². The maximum absolute atomic E-state index is 12.7. The minimum absolute atomic E-state index is 0.0122. The number of rotatable bonds is 5. The van der Waals surface area contributed by atoms with Gasteiger partial charge >= 0.3 is 0 Å². The van der Waals surface area contributed by atoms with Gasteiger partial charge in [-0.15, -0.1) is 0 Å². The Morgan fingerprint density at radius 1 is 1.09 bits per heavy atom. The third-order valence-corrected chi connectivity index (χ3v) is 5.71. The number of carbonyl (C=O) groups excluding carboxylic acids is 1. The van der Waals surface area contributed by atoms with Crippen molar-refractivity contribution in [1.29, 1.82) is 5.26 Å². The molecule has 0 aliphatic carbocycles. The smallest absolute Gasteiger partial charge is 0.266 e. The molecule has 0 aliphatic rings. The molecular weight excluding hydrogens is 422 g/mol. The topological polar surface area (TPSA) is 78.1 Å². The fourth-order valence-electron chi connectivity index (χ4n) is 3.68. The first kappa shape index (κ1) is 21.2. The average molecular weight is 442 g/mol. The lowest BCUT2D eigenvalue weighted by atomic mass is 10.1. The van der Waals surface area contributed by atoms with Crippen molar-refractivity contribution in [3.05, 3.63) is 100 Å². The van der Waals surface area contributed by atoms with E-state index < -0.39 is 5.91 Å². The molecule has 3 aromatic carbocycles. The summed E-state index contributed by atoms with van der Waals surface area (Å²) in [6, 6.07) is 23.7. The first-order valence-corrected chi connectivity index (χ1v) is 10.4. The van der Waals surface area contributed by atoms with Crippen LogP contribution in [-0.2, 0) is 11.3 Å². The van der Waals surface area contributed by atoms with Gasteiger partial charge in [-0.2, -0.15) is 5.26 Å². The molecule has 158 valence electrons. The molecule has 4 aromatic rings. The largest absolute Gasteiger partial charge is 0.508 e. The van der Waals surface area contributed by atoms with Crippen molar-refractivity contribution in [2.24, 2.45) is 0 Å². The Morgan fingerprint density at radius 3 is 2.50 bits per heavy atom. The molecule has 0 spiro atoms. The van der Waals surface area contributed by atoms with Gasteiger partial charge in [0.15, 0.2) is 0 Å². The number of phenols is 1. The number of phenolic OH excluding ortho intramolecular Hbond substituents is 1. The molecule has 4 rings (SSSR count). The quantitative estimate of drug-likeness (QED) is 0.230. The standard InChI is InChI=1S/C26H20ClN3O2/c1-17-23(14-19(15-28)26(32)29-20-10-12-21(31)13-11-20)22-7-3-5-9-25(22)30(17)16-18-6-2-4-8-24(18)27/h2-14,31H,16H2,1H3,(H,29,32). The third-order valence-electron chi connectivity index (χ3n) is 5.34. The van der Waals surface area contributed by atoms with Crippen LogP contribution < -0.4 is 5.32 Å². The molecule has 5 nitrogen and oxygen atoms in total. The zero-order chi connectivity index (χ0) is 22.7. The first-order valence-electron chi connectivity index (χ1n) is 10.0. The summed E-state index contributed by atoms with van der Waals surface area (Å²) in [6.07, 6.45) is 1.62. The van der Waals surface area contributed by atoms with Crippen LogP contribution in [-0.4, -0.2) is 15.6 Å². The number of nitriles is 1. The second kappa shape index (κ2) is 9.01. The van der Waals surface area contributed by atoms with Crippen LogP contribution >= 0.6 is 11.6 Å². The van der Waals surface area contributed by atoms with Gasteiger partial charge in [0, 0.05) is 39.4 Å². The van der Waals surface area contributed by atoms with Crippen molar-refractivity contribution in [2.45, 2.75) is 13.5 Å². The zero-order valence-corrected chi connectivity index (χ0v) is 18.1. The van der Waals surface area contributed by atoms with Gasteiger partial charge < -0.3 is 15.0 Å². The average Bonchev–Trinajstić information content (AvgIpc) is 3.06. The van der Waals surface area contributed by atoms with E-state index in [2.05, 4.69) is 9.88 Å². The van der Waals surface area contributed by atoms with Crippen molar-refractivity contribution in [2.75, 3.05) is 5.32 Å². The molecular formula is C26H20ClN3O2. The Hall–Kier alpha value is -4.01. The van der Waals surface area contributed by atoms with Crippen molar-refractivity contribution in [1.82, 2.24) is 4.57 Å². The van der Waals surface area contributed by atoms with Gasteiger partial charge in [0.2, 0.25) is 0 Å². The van der Waals surface area contributed by atoms with Crippen LogP contribution in [0.5, 0.6) is 5.75 Å². The number of carbonyl (C=O) groups is 1. The second-order valence-electron chi connectivity index (χ2n) is 7.36. The number of nitrogens with zero attached hydrogens (tertiary/aromatic N) is 2. The molecule has 0 bridgehead atoms. The summed E-state index contributed by atoms with van der Waals surface area (Å²) >= 11 is 6.38. The Balaban J connectivity index is 1.74. The zero-order valence-electron chi connectivity index (χ0n) is 17.3. The number of benzene rings is 3. The number of halogens is 1. The predicted molar refractivity (Wildman–Crippen MR) is 128 cm³/mol. The molecule has 0 aliphatic heterocycles. The van der Waals surface area contributed by atoms with E-state index in [1.807, 2.05) is 61.5 Å². The van der Waals surface area contributed by atoms with E-state index in [9.17, 15) is 15.2 Å². The Morgan fingerprint density at radius 2 is 1.78 bits per heavy atom. The molecule has 1 amide bonds. The normalized spacial score (nSPS) is 11.3. The van der Waals surface area contributed by atoms with Gasteiger partial charge in [-0.25, -0.2) is 0 Å². The number of hydrogen-bond acceptors (Lipinski definition) is 3. The number of anilines is 1. The van der Waals surface area contributed by atoms with Gasteiger partial charge in [-0.3, -0.25) is 4.79 Å². The summed E-state index contributed by atoms with van der Waals surface area (Å²) in [5.41, 5.74) is 4.20. The second-order valence-corrected chi connectivity index (χ2v) is 7.77. The fraction of sp³-hybridized carbons (Fsp3) is 0.0769. The maximum atomic E-state index is 12.7. The van der Waals surface area contributed by atoms with Gasteiger partial charge in [0.25, 0.3) is 5.91 Å². The number of nitrogens with one attached hydrogen (secondary N) is 1. The molecule has 32 heavy (non-hydrogen) atoms. The number of amides is 1. The van der Waals surface area contributed by atoms with Crippen LogP contribution in [0.2, 0.25) is 5.02 Å². The van der Waals surface area contributed by atoms with Gasteiger partial charge in [0.05, 0.1) is 0 Å². The summed E-state index contributed by atoms with van der Waals surface area (Å²) < 4.78 is 2.13. The minimum Gasteiger partial charge on any atom is -0.508 e. The van der Waals surface area contributed by atoms with Gasteiger partial charge in [0.1, 0.15) is 17.4 Å². The predicted octanol–water partition coefficient (Wildman–Crippen LogP) is 5.90. The SMILES string of the molecule is Cc1c(C=C(C#N)C(=O)Nc2ccc(O)cc2)c2ccccc2n1Cc1ccccc1Cl. The monoisotopic (exact) mass is 441 g/mol. The van der Waals surface area contributed by atoms with E-state index in [-0.39, 0.29) is 11.3 Å². The van der Waals surface area contributed by atoms with Crippen LogP contribution in [0.4, 0.5) is 5.69 Å². The van der Waals surface area contributed by atoms with E-state index >= 15 is 0 Å². The van der Waals surface area contributed by atoms with E-state index in [0.29, 0.717) is 17.3 Å². The molecule has 1 heterocycles. The van der Waals surface area contributed by atoms with Crippen LogP contribution in [0.1, 0.15) is 16.8 Å². The number of hydrogen-bond donors (Lipinski definition) is 2. The maximum Gasteiger partial charge on any atom is 0.266 e. The van der Waals surface area contributed by atoms with Crippen LogP contribution in [0.15, 0.2) is 78.4 Å². The highest BCUT2D eigenvalue weighted by atomic mass is 35.5. The minimum atomic E-state index is -0.513. The van der Waals surface area contributed by atoms with E-state index in [1.54, 1.807) is 18.2 Å². The molecule has 1 aromatic heterocycles. The highest BCUT2D eigenvalue weighted by molar-refractivity contribution is 6.31. The summed E-state index contributed by atoms with van der Waals surface area (Å²) in [5, 5.41) is 23.4. The number of para-hydroxylation sites is 1. The van der Waals surface area contributed by atoms with Gasteiger partial charge in [-0.05, 0) is 55.0 Å². The van der Waals surface area contributed by atoms with Crippen molar-refractivity contribution in [3.8, 4) is 11.8 Å². The molecule has 0 unspecified atom stereocenters. The summed E-state index contributed by atoms with van der Waals surface area (Å²) in [6.45, 7) is 2.54. The highest BCUT2D eigenvalue weighted by Crippen LogP contribution is 2.30. The first-order chi connectivity index (χ1) is 15.5. The van der Waals surface area contributed by atoms with Crippen molar-refractivity contribution < 1.29 is 9.90 Å². The van der Waals surface area contributed by atoms with Crippen molar-refractivity contribution in [3.63, 3.8) is 0 Å². The lowest BCUT2D eigenvalue weighted by Crippen LogP contribution is -2.13. The van der Waals surface area contributed by atoms with E-state index in [0.717, 1.165) is 27.7 Å². The lowest BCUT2D eigenvalue weighted by molar-refractivity contribution is -0.112. The van der Waals surface area contributed by atoms with Crippen LogP contribution in [0, 0.1) is 18.3 Å². The number of fused-ring (bicyclic) bond motifs is 1. The molecule has 2 N–H and O–H groups in total. The molecule has 0 atom stereocenters. The van der Waals surface area contributed by atoms with E-state index in [1.165, 1.54) is 12.1 Å². The molecule has 0 saturated heterocycles. The number of aromatic nitrogens is 1. The molecule has 0 radical (unpaired) electrons. The lowest BCUT2D eigenvalue weighted by Gasteiger charge is -2.10. The Labute approximate surface area is 190 Å². The summed E-state index contributed by atoms with van der Waals surface area (Å²) in [4.78, 5) is 12.7. The highest BCUT2D eigenvalue weighted by Gasteiger charge is 2.17. The molecule has 6 heteroatoms. The summed E-state index contributed by atoms with van der Waals surface area (Å²) in [5.74, 6) is -0.415. The van der Waals surface area contributed by atoms with Crippen LogP contribution in [0.3, 0.4) is 0 Å². The Bertz CT molecular complexity index is 1380. The van der Waals surface area contributed by atoms with Crippen LogP contribution in [0.25, 0.3) is 17.0 Å². The third kappa shape index (κ3) is 4.22.